The van der Waals surface area contributed by atoms with Gasteiger partial charge >= 0.3 is 0 Å². The average molecular weight is 386 g/mol. The lowest BCUT2D eigenvalue weighted by molar-refractivity contribution is -0.115. The highest BCUT2D eigenvalue weighted by Gasteiger charge is 2.19. The standard InChI is InChI=1S/C15H19N3O3S3/c1-10-9-22-15(16-10)23-11(2)14(19)17-12-6-5-7-13(8-12)24(20,21)18(3)4/h5-9,11H,1-4H3,(H,17,19). The van der Waals surface area contributed by atoms with Gasteiger partial charge in [0.25, 0.3) is 0 Å². The van der Waals surface area contributed by atoms with Crippen molar-refractivity contribution in [3.63, 3.8) is 0 Å². The minimum absolute atomic E-state index is 0.140. The van der Waals surface area contributed by atoms with Gasteiger partial charge < -0.3 is 5.32 Å². The summed E-state index contributed by atoms with van der Waals surface area (Å²) >= 11 is 2.87. The van der Waals surface area contributed by atoms with Gasteiger partial charge in [0.2, 0.25) is 15.9 Å². The molecule has 0 aliphatic carbocycles. The van der Waals surface area contributed by atoms with E-state index in [1.807, 2.05) is 12.3 Å². The van der Waals surface area contributed by atoms with Crippen LogP contribution in [-0.4, -0.2) is 43.0 Å². The van der Waals surface area contributed by atoms with Gasteiger partial charge in [0.15, 0.2) is 4.34 Å². The molecule has 1 N–H and O–H groups in total. The number of hydrogen-bond acceptors (Lipinski definition) is 6. The number of carbonyl (C=O) groups is 1. The normalized spacial score (nSPS) is 13.0. The number of aromatic nitrogens is 1. The highest BCUT2D eigenvalue weighted by molar-refractivity contribution is 8.02. The predicted molar refractivity (Wildman–Crippen MR) is 98.1 cm³/mol. The minimum Gasteiger partial charge on any atom is -0.325 e. The molecule has 9 heteroatoms. The van der Waals surface area contributed by atoms with Gasteiger partial charge in [-0.2, -0.15) is 0 Å². The number of rotatable bonds is 6. The number of benzene rings is 1. The number of nitrogens with zero attached hydrogens (tertiary/aromatic N) is 2. The van der Waals surface area contributed by atoms with Crippen LogP contribution in [0.1, 0.15) is 12.6 Å². The molecule has 0 aliphatic heterocycles. The van der Waals surface area contributed by atoms with Crippen LogP contribution in [0.3, 0.4) is 0 Å². The quantitative estimate of drug-likeness (QED) is 0.774. The fraction of sp³-hybridized carbons (Fsp3) is 0.333. The van der Waals surface area contributed by atoms with E-state index >= 15 is 0 Å². The van der Waals surface area contributed by atoms with Crippen LogP contribution in [0, 0.1) is 6.92 Å². The number of aryl methyl sites for hydroxylation is 1. The first-order chi connectivity index (χ1) is 11.2. The first-order valence-corrected chi connectivity index (χ1v) is 10.3. The summed E-state index contributed by atoms with van der Waals surface area (Å²) in [5, 5.41) is 4.34. The van der Waals surface area contributed by atoms with Crippen LogP contribution in [-0.2, 0) is 14.8 Å². The zero-order valence-electron chi connectivity index (χ0n) is 13.8. The van der Waals surface area contributed by atoms with Gasteiger partial charge in [0.05, 0.1) is 10.1 Å². The minimum atomic E-state index is -3.53. The molecule has 0 radical (unpaired) electrons. The molecule has 0 saturated heterocycles. The first kappa shape index (κ1) is 18.9. The van der Waals surface area contributed by atoms with Crippen molar-refractivity contribution in [2.45, 2.75) is 28.3 Å². The van der Waals surface area contributed by atoms with E-state index in [0.29, 0.717) is 5.69 Å². The second-order valence-corrected chi connectivity index (χ2v) is 9.92. The predicted octanol–water partition coefficient (Wildman–Crippen LogP) is 2.82. The average Bonchev–Trinajstić information content (AvgIpc) is 2.92. The van der Waals surface area contributed by atoms with Crippen molar-refractivity contribution in [1.29, 1.82) is 0 Å². The van der Waals surface area contributed by atoms with Gasteiger partial charge in [0.1, 0.15) is 0 Å². The monoisotopic (exact) mass is 385 g/mol. The molecule has 0 bridgehead atoms. The van der Waals surface area contributed by atoms with Gasteiger partial charge in [-0.3, -0.25) is 4.79 Å². The Bertz CT molecular complexity index is 831. The lowest BCUT2D eigenvalue weighted by atomic mass is 10.3. The van der Waals surface area contributed by atoms with Gasteiger partial charge in [-0.15, -0.1) is 11.3 Å². The molecule has 1 aromatic heterocycles. The zero-order valence-corrected chi connectivity index (χ0v) is 16.3. The summed E-state index contributed by atoms with van der Waals surface area (Å²) in [6.45, 7) is 3.69. The molecule has 0 aliphatic rings. The summed E-state index contributed by atoms with van der Waals surface area (Å²) in [6.07, 6.45) is 0. The summed E-state index contributed by atoms with van der Waals surface area (Å²) < 4.78 is 26.3. The van der Waals surface area contributed by atoms with Crippen molar-refractivity contribution in [2.24, 2.45) is 0 Å². The number of hydrogen-bond donors (Lipinski definition) is 1. The molecule has 24 heavy (non-hydrogen) atoms. The SMILES string of the molecule is Cc1csc(SC(C)C(=O)Nc2cccc(S(=O)(=O)N(C)C)c2)n1. The van der Waals surface area contributed by atoms with Crippen molar-refractivity contribution in [3.8, 4) is 0 Å². The van der Waals surface area contributed by atoms with Gasteiger partial charge in [-0.1, -0.05) is 17.8 Å². The summed E-state index contributed by atoms with van der Waals surface area (Å²) in [7, 11) is -0.598. The van der Waals surface area contributed by atoms with Gasteiger partial charge in [0, 0.05) is 30.9 Å². The van der Waals surface area contributed by atoms with Crippen LogP contribution in [0.25, 0.3) is 0 Å². The molecule has 1 heterocycles. The fourth-order valence-corrected chi connectivity index (χ4v) is 4.71. The first-order valence-electron chi connectivity index (χ1n) is 7.12. The third-order valence-electron chi connectivity index (χ3n) is 3.12. The number of sulfonamides is 1. The smallest absolute Gasteiger partial charge is 0.242 e. The van der Waals surface area contributed by atoms with E-state index in [0.717, 1.165) is 14.3 Å². The molecular formula is C15H19N3O3S3. The number of carbonyl (C=O) groups excluding carboxylic acids is 1. The Morgan fingerprint density at radius 2 is 2.08 bits per heavy atom. The molecule has 1 atom stereocenters. The van der Waals surface area contributed by atoms with Crippen LogP contribution in [0.4, 0.5) is 5.69 Å². The summed E-state index contributed by atoms with van der Waals surface area (Å²) in [5.74, 6) is -0.202. The fourth-order valence-electron chi connectivity index (χ4n) is 1.78. The Morgan fingerprint density at radius 3 is 2.67 bits per heavy atom. The van der Waals surface area contributed by atoms with Crippen molar-refractivity contribution in [3.05, 3.63) is 35.3 Å². The Morgan fingerprint density at radius 1 is 1.38 bits per heavy atom. The Labute approximate surface area is 150 Å². The van der Waals surface area contributed by atoms with E-state index in [2.05, 4.69) is 10.3 Å². The lowest BCUT2D eigenvalue weighted by Crippen LogP contribution is -2.24. The van der Waals surface area contributed by atoms with Crippen LogP contribution in [0.5, 0.6) is 0 Å². The largest absolute Gasteiger partial charge is 0.325 e. The molecule has 2 aromatic rings. The zero-order chi connectivity index (χ0) is 17.9. The molecule has 130 valence electrons. The maximum Gasteiger partial charge on any atom is 0.242 e. The lowest BCUT2D eigenvalue weighted by Gasteiger charge is -2.14. The second-order valence-electron chi connectivity index (χ2n) is 5.32. The number of anilines is 1. The molecule has 1 amide bonds. The van der Waals surface area contributed by atoms with Crippen molar-refractivity contribution in [1.82, 2.24) is 9.29 Å². The highest BCUT2D eigenvalue weighted by Crippen LogP contribution is 2.27. The van der Waals surface area contributed by atoms with Gasteiger partial charge in [-0.25, -0.2) is 17.7 Å². The van der Waals surface area contributed by atoms with E-state index in [9.17, 15) is 13.2 Å². The summed E-state index contributed by atoms with van der Waals surface area (Å²) in [4.78, 5) is 16.8. The molecular weight excluding hydrogens is 366 g/mol. The number of thioether (sulfide) groups is 1. The molecule has 1 aromatic carbocycles. The molecule has 0 saturated carbocycles. The van der Waals surface area contributed by atoms with E-state index < -0.39 is 10.0 Å². The van der Waals surface area contributed by atoms with E-state index in [-0.39, 0.29) is 16.1 Å². The van der Waals surface area contributed by atoms with E-state index in [1.165, 1.54) is 49.3 Å². The summed E-state index contributed by atoms with van der Waals surface area (Å²) in [6, 6.07) is 6.23. The second kappa shape index (κ2) is 7.64. The Kier molecular flexibility index (Phi) is 6.02. The van der Waals surface area contributed by atoms with Crippen molar-refractivity contribution < 1.29 is 13.2 Å². The Hall–Kier alpha value is -1.42. The highest BCUT2D eigenvalue weighted by atomic mass is 32.2. The van der Waals surface area contributed by atoms with E-state index in [4.69, 9.17) is 0 Å². The molecule has 6 nitrogen and oxygen atoms in total. The topological polar surface area (TPSA) is 79.4 Å². The van der Waals surface area contributed by atoms with E-state index in [1.54, 1.807) is 19.1 Å². The maximum absolute atomic E-state index is 12.3. The van der Waals surface area contributed by atoms with Gasteiger partial charge in [-0.05, 0) is 32.0 Å². The van der Waals surface area contributed by atoms with Crippen molar-refractivity contribution in [2.75, 3.05) is 19.4 Å². The Balaban J connectivity index is 2.09. The number of thiazole rings is 1. The maximum atomic E-state index is 12.3. The molecule has 2 rings (SSSR count). The number of nitrogens with one attached hydrogen (secondary N) is 1. The van der Waals surface area contributed by atoms with Crippen LogP contribution >= 0.6 is 23.1 Å². The molecule has 0 fully saturated rings. The van der Waals surface area contributed by atoms with Crippen LogP contribution in [0.15, 0.2) is 38.9 Å². The van der Waals surface area contributed by atoms with Crippen LogP contribution < -0.4 is 5.32 Å². The van der Waals surface area contributed by atoms with Crippen LogP contribution in [0.2, 0.25) is 0 Å². The third-order valence-corrected chi connectivity index (χ3v) is 7.13. The van der Waals surface area contributed by atoms with Crippen molar-refractivity contribution >= 4 is 44.7 Å². The summed E-state index contributed by atoms with van der Waals surface area (Å²) in [5.41, 5.74) is 1.38. The number of amides is 1. The molecule has 1 unspecified atom stereocenters. The molecule has 0 spiro atoms. The third kappa shape index (κ3) is 4.56.